The van der Waals surface area contributed by atoms with Gasteiger partial charge in [-0.15, -0.1) is 0 Å². The molecule has 0 bridgehead atoms. The predicted octanol–water partition coefficient (Wildman–Crippen LogP) is 24.0. The fraction of sp³-hybridized carbons (Fsp3) is 1.00. The van der Waals surface area contributed by atoms with E-state index in [9.17, 15) is 0 Å². The second-order valence-corrected chi connectivity index (χ2v) is 31.9. The fourth-order valence-electron chi connectivity index (χ4n) is 15.0. The van der Waals surface area contributed by atoms with Crippen molar-refractivity contribution in [2.45, 2.75) is 451 Å². The average molecular weight is 1420 g/mol. The highest BCUT2D eigenvalue weighted by Gasteiger charge is 2.12. The second kappa shape index (κ2) is 94.7. The van der Waals surface area contributed by atoms with Gasteiger partial charge in [0, 0.05) is 0 Å². The molecule has 0 unspecified atom stereocenters. The Kier molecular flexibility index (Phi) is 96.2. The van der Waals surface area contributed by atoms with Gasteiger partial charge in [-0.2, -0.15) is 0 Å². The second-order valence-electron chi connectivity index (χ2n) is 31.9. The first kappa shape index (κ1) is 102. The summed E-state index contributed by atoms with van der Waals surface area (Å²) in [6, 6.07) is 0. The van der Waals surface area contributed by atoms with Crippen molar-refractivity contribution in [2.24, 2.45) is 22.9 Å². The lowest BCUT2D eigenvalue weighted by molar-refractivity contribution is 0.216. The van der Waals surface area contributed by atoms with E-state index in [2.05, 4.69) is 57.9 Å². The maximum absolute atomic E-state index is 5.86. The maximum Gasteiger partial charge on any atom is -0.000654 e. The van der Waals surface area contributed by atoms with Gasteiger partial charge in [-0.1, -0.05) is 362 Å². The Morgan fingerprint density at radius 3 is 0.510 bits per heavy atom. The van der Waals surface area contributed by atoms with Crippen molar-refractivity contribution in [1.82, 2.24) is 30.2 Å². The van der Waals surface area contributed by atoms with Crippen LogP contribution in [0.1, 0.15) is 451 Å². The Bertz CT molecular complexity index is 1310. The molecule has 10 nitrogen and oxygen atoms in total. The van der Waals surface area contributed by atoms with Crippen LogP contribution in [0.5, 0.6) is 0 Å². The number of rotatable bonds is 90. The molecule has 0 aromatic carbocycles. The first-order chi connectivity index (χ1) is 49.6. The number of unbranched alkanes of at least 4 members (excludes halogenated alkanes) is 54. The Morgan fingerprint density at radius 1 is 0.140 bits per heavy atom. The SMILES string of the molecule is CCCCCCCCCCCCCCCCCCN(CCCCCCCCCCCCCCCCCC)CCCN(CCCN)CCCCN.CCCCCCCCCCCCCCN(CCCCCCCCCCCCCC)CCCN(CCCCNCCCN)CCCNCCCN. The lowest BCUT2D eigenvalue weighted by Gasteiger charge is -2.26. The van der Waals surface area contributed by atoms with Gasteiger partial charge in [0.2, 0.25) is 0 Å². The van der Waals surface area contributed by atoms with Gasteiger partial charge in [-0.25, -0.2) is 0 Å². The number of nitrogens with two attached hydrogens (primary N) is 4. The number of nitrogens with one attached hydrogen (secondary N) is 2. The molecule has 0 aliphatic heterocycles. The molecule has 0 aromatic rings. The largest absolute Gasteiger partial charge is 0.330 e. The van der Waals surface area contributed by atoms with Crippen molar-refractivity contribution in [3.05, 3.63) is 0 Å². The van der Waals surface area contributed by atoms with E-state index < -0.39 is 0 Å². The minimum atomic E-state index is 0.785. The molecule has 0 heterocycles. The summed E-state index contributed by atoms with van der Waals surface area (Å²) in [6.07, 6.45) is 92.9. The van der Waals surface area contributed by atoms with Crippen LogP contribution in [0.4, 0.5) is 0 Å². The maximum atomic E-state index is 5.86. The molecule has 0 radical (unpaired) electrons. The monoisotopic (exact) mass is 1420 g/mol. The predicted molar refractivity (Wildman–Crippen MR) is 455 cm³/mol. The molecule has 0 aromatic heterocycles. The summed E-state index contributed by atoms with van der Waals surface area (Å²) < 4.78 is 0. The quantitative estimate of drug-likeness (QED) is 0.0326. The van der Waals surface area contributed by atoms with Crippen molar-refractivity contribution in [2.75, 3.05) is 131 Å². The van der Waals surface area contributed by atoms with E-state index in [4.69, 9.17) is 22.9 Å². The number of hydrogen-bond acceptors (Lipinski definition) is 10. The third kappa shape index (κ3) is 88.2. The Hall–Kier alpha value is -0.400. The van der Waals surface area contributed by atoms with Crippen molar-refractivity contribution < 1.29 is 0 Å². The zero-order chi connectivity index (χ0) is 72.5. The fourth-order valence-corrected chi connectivity index (χ4v) is 15.0. The highest BCUT2D eigenvalue weighted by Crippen LogP contribution is 2.19. The van der Waals surface area contributed by atoms with Gasteiger partial charge in [0.1, 0.15) is 0 Å². The van der Waals surface area contributed by atoms with E-state index >= 15 is 0 Å². The molecular formula is C90H194N10. The van der Waals surface area contributed by atoms with Gasteiger partial charge in [-0.05, 0) is 221 Å². The highest BCUT2D eigenvalue weighted by atomic mass is 15.2. The summed E-state index contributed by atoms with van der Waals surface area (Å²) in [7, 11) is 0. The zero-order valence-corrected chi connectivity index (χ0v) is 69.9. The molecule has 0 amide bonds. The summed E-state index contributed by atoms with van der Waals surface area (Å²) in [5, 5.41) is 7.15. The number of hydrogen-bond donors (Lipinski definition) is 6. The smallest absolute Gasteiger partial charge is 0.000654 e. The van der Waals surface area contributed by atoms with Gasteiger partial charge in [0.25, 0.3) is 0 Å². The molecule has 0 aliphatic carbocycles. The zero-order valence-electron chi connectivity index (χ0n) is 69.9. The first-order valence-electron chi connectivity index (χ1n) is 46.7. The van der Waals surface area contributed by atoms with Crippen molar-refractivity contribution in [3.63, 3.8) is 0 Å². The van der Waals surface area contributed by atoms with Crippen LogP contribution < -0.4 is 33.6 Å². The molecule has 10 heteroatoms. The molecule has 100 heavy (non-hydrogen) atoms. The van der Waals surface area contributed by atoms with Crippen LogP contribution in [0.3, 0.4) is 0 Å². The van der Waals surface area contributed by atoms with Gasteiger partial charge < -0.3 is 53.2 Å². The van der Waals surface area contributed by atoms with Gasteiger partial charge in [-0.3, -0.25) is 0 Å². The highest BCUT2D eigenvalue weighted by molar-refractivity contribution is 4.68. The average Bonchev–Trinajstić information content (AvgIpc) is 2.15. The summed E-state index contributed by atoms with van der Waals surface area (Å²) in [6.45, 7) is 31.9. The molecular weight excluding hydrogens is 1220 g/mol. The minimum Gasteiger partial charge on any atom is -0.330 e. The molecule has 0 spiro atoms. The summed E-state index contributed by atoms with van der Waals surface area (Å²) in [4.78, 5) is 11.1. The van der Waals surface area contributed by atoms with Crippen molar-refractivity contribution in [3.8, 4) is 0 Å². The molecule has 604 valence electrons. The van der Waals surface area contributed by atoms with Crippen molar-refractivity contribution >= 4 is 0 Å². The lowest BCUT2D eigenvalue weighted by atomic mass is 10.0. The van der Waals surface area contributed by atoms with Crippen LogP contribution in [-0.2, 0) is 0 Å². The molecule has 0 atom stereocenters. The van der Waals surface area contributed by atoms with Crippen LogP contribution in [-0.4, -0.2) is 150 Å². The van der Waals surface area contributed by atoms with E-state index in [-0.39, 0.29) is 0 Å². The Morgan fingerprint density at radius 2 is 0.290 bits per heavy atom. The molecule has 0 saturated carbocycles. The topological polar surface area (TPSA) is 141 Å². The van der Waals surface area contributed by atoms with E-state index in [1.807, 2.05) is 0 Å². The van der Waals surface area contributed by atoms with E-state index in [1.165, 1.54) is 470 Å². The summed E-state index contributed by atoms with van der Waals surface area (Å²) in [5.41, 5.74) is 23.0. The minimum absolute atomic E-state index is 0.785. The molecule has 10 N–H and O–H groups in total. The lowest BCUT2D eigenvalue weighted by Crippen LogP contribution is -2.34. The Labute approximate surface area is 632 Å². The summed E-state index contributed by atoms with van der Waals surface area (Å²) in [5.74, 6) is 0. The van der Waals surface area contributed by atoms with Gasteiger partial charge in [0.05, 0.1) is 0 Å². The van der Waals surface area contributed by atoms with Crippen molar-refractivity contribution in [1.29, 1.82) is 0 Å². The molecule has 0 fully saturated rings. The van der Waals surface area contributed by atoms with Crippen LogP contribution in [0, 0.1) is 0 Å². The van der Waals surface area contributed by atoms with Crippen LogP contribution in [0.25, 0.3) is 0 Å². The van der Waals surface area contributed by atoms with Gasteiger partial charge in [0.15, 0.2) is 0 Å². The molecule has 0 saturated heterocycles. The third-order valence-electron chi connectivity index (χ3n) is 21.8. The van der Waals surface area contributed by atoms with E-state index in [0.29, 0.717) is 0 Å². The van der Waals surface area contributed by atoms with Gasteiger partial charge >= 0.3 is 0 Å². The Balaban J connectivity index is 0. The van der Waals surface area contributed by atoms with E-state index in [1.54, 1.807) is 0 Å². The summed E-state index contributed by atoms with van der Waals surface area (Å²) >= 11 is 0. The number of nitrogens with zero attached hydrogens (tertiary/aromatic N) is 4. The molecule has 0 aliphatic rings. The molecule has 0 rings (SSSR count). The van der Waals surface area contributed by atoms with Crippen LogP contribution >= 0.6 is 0 Å². The van der Waals surface area contributed by atoms with E-state index in [0.717, 1.165) is 84.6 Å². The first-order valence-corrected chi connectivity index (χ1v) is 46.7. The van der Waals surface area contributed by atoms with Crippen LogP contribution in [0.2, 0.25) is 0 Å². The van der Waals surface area contributed by atoms with Crippen LogP contribution in [0.15, 0.2) is 0 Å². The standard InChI is InChI=1S/C46H98N4.C44H96N6/c1-3-5-7-9-11-13-15-17-19-21-23-25-27-29-31-34-41-49(45-38-46-50(44-37-40-48)43-36-33-39-47)42-35-32-30-28-26-24-22-20-18-16-14-12-10-8-6-4-2;1-3-5-7-9-11-13-15-17-19-21-23-26-39-49(40-27-24-22-20-18-16-14-12-10-8-6-4-2)43-32-44-50(42-31-38-48-37-30-34-46)41-28-25-35-47-36-29-33-45/h3-48H2,1-2H3;47-48H,3-46H2,1-2H3. The third-order valence-corrected chi connectivity index (χ3v) is 21.8. The normalized spacial score (nSPS) is 11.9.